The average Bonchev–Trinajstić information content (AvgIpc) is 2.24. The SMILES string of the molecule is C=C(CN(CC)c1cccc(C)c1)[B-](F)(F)F.[K+]. The third-order valence-electron chi connectivity index (χ3n) is 2.61. The molecular weight excluding hydrogens is 265 g/mol. The van der Waals surface area contributed by atoms with Crippen LogP contribution in [-0.2, 0) is 0 Å². The zero-order chi connectivity index (χ0) is 13.1. The predicted molar refractivity (Wildman–Crippen MR) is 67.3 cm³/mol. The first kappa shape index (κ1) is 18.3. The second-order valence-electron chi connectivity index (χ2n) is 4.09. The molecule has 1 aromatic carbocycles. The molecule has 1 rings (SSSR count). The van der Waals surface area contributed by atoms with Gasteiger partial charge >= 0.3 is 58.4 Å². The van der Waals surface area contributed by atoms with E-state index in [1.165, 1.54) is 0 Å². The van der Waals surface area contributed by atoms with Crippen LogP contribution in [0.1, 0.15) is 12.5 Å². The van der Waals surface area contributed by atoms with Crippen molar-refractivity contribution in [2.45, 2.75) is 13.8 Å². The van der Waals surface area contributed by atoms with Crippen LogP contribution >= 0.6 is 0 Å². The minimum absolute atomic E-state index is 0. The molecule has 6 heteroatoms. The Morgan fingerprint density at radius 1 is 1.33 bits per heavy atom. The molecule has 0 heterocycles. The van der Waals surface area contributed by atoms with Gasteiger partial charge in [-0.3, -0.25) is 0 Å². The molecule has 0 aliphatic heterocycles. The van der Waals surface area contributed by atoms with Gasteiger partial charge in [-0.05, 0) is 31.5 Å². The van der Waals surface area contributed by atoms with Gasteiger partial charge in [0.15, 0.2) is 0 Å². The molecule has 1 aromatic rings. The Morgan fingerprint density at radius 3 is 2.39 bits per heavy atom. The van der Waals surface area contributed by atoms with Gasteiger partial charge in [0.2, 0.25) is 0 Å². The van der Waals surface area contributed by atoms with E-state index < -0.39 is 12.4 Å². The summed E-state index contributed by atoms with van der Waals surface area (Å²) in [5, 5.41) is 0. The Balaban J connectivity index is 0.00000289. The zero-order valence-electron chi connectivity index (χ0n) is 11.1. The van der Waals surface area contributed by atoms with E-state index in [0.29, 0.717) is 6.54 Å². The summed E-state index contributed by atoms with van der Waals surface area (Å²) in [6.07, 6.45) is 0. The Morgan fingerprint density at radius 2 is 1.94 bits per heavy atom. The van der Waals surface area contributed by atoms with Gasteiger partial charge in [-0.25, -0.2) is 0 Å². The molecule has 0 fully saturated rings. The van der Waals surface area contributed by atoms with Crippen LogP contribution in [0.15, 0.2) is 36.3 Å². The fourth-order valence-corrected chi connectivity index (χ4v) is 1.56. The van der Waals surface area contributed by atoms with Gasteiger partial charge in [-0.1, -0.05) is 12.1 Å². The first-order chi connectivity index (χ1) is 7.84. The normalized spacial score (nSPS) is 10.7. The molecule has 1 nitrogen and oxygen atoms in total. The van der Waals surface area contributed by atoms with Gasteiger partial charge in [0.1, 0.15) is 0 Å². The summed E-state index contributed by atoms with van der Waals surface area (Å²) in [7, 11) is 0. The average molecular weight is 281 g/mol. The number of halogens is 3. The fourth-order valence-electron chi connectivity index (χ4n) is 1.56. The van der Waals surface area contributed by atoms with Crippen LogP contribution < -0.4 is 56.3 Å². The maximum atomic E-state index is 12.5. The molecule has 0 saturated heterocycles. The molecule has 0 spiro atoms. The van der Waals surface area contributed by atoms with E-state index in [9.17, 15) is 12.9 Å². The van der Waals surface area contributed by atoms with Crippen LogP contribution in [0.4, 0.5) is 18.6 Å². The van der Waals surface area contributed by atoms with Crippen molar-refractivity contribution in [3.05, 3.63) is 41.9 Å². The number of anilines is 1. The van der Waals surface area contributed by atoms with Crippen LogP contribution in [0.5, 0.6) is 0 Å². The molecule has 18 heavy (non-hydrogen) atoms. The van der Waals surface area contributed by atoms with Crippen LogP contribution in [0, 0.1) is 6.92 Å². The number of benzene rings is 1. The molecule has 0 amide bonds. The third-order valence-corrected chi connectivity index (χ3v) is 2.61. The van der Waals surface area contributed by atoms with E-state index in [4.69, 9.17) is 0 Å². The Kier molecular flexibility index (Phi) is 7.86. The molecule has 0 aliphatic rings. The van der Waals surface area contributed by atoms with Crippen molar-refractivity contribution in [1.29, 1.82) is 0 Å². The van der Waals surface area contributed by atoms with E-state index in [0.717, 1.165) is 11.3 Å². The standard InChI is InChI=1S/C12H16BF3N.K/c1-4-17(9-11(3)13(14,15)16)12-7-5-6-10(2)8-12;/h5-8H,3-4,9H2,1-2H3;/q-1;+1. The number of rotatable bonds is 5. The Labute approximate surface area is 149 Å². The third kappa shape index (κ3) is 5.49. The smallest absolute Gasteiger partial charge is 0.445 e. The monoisotopic (exact) mass is 281 g/mol. The van der Waals surface area contributed by atoms with Crippen molar-refractivity contribution < 1.29 is 64.3 Å². The van der Waals surface area contributed by atoms with Gasteiger partial charge in [0, 0.05) is 18.8 Å². The molecular formula is C12H16BF3KN. The molecule has 0 aromatic heterocycles. The fraction of sp³-hybridized carbons (Fsp3) is 0.333. The first-order valence-electron chi connectivity index (χ1n) is 5.53. The number of hydrogen-bond donors (Lipinski definition) is 0. The van der Waals surface area contributed by atoms with Gasteiger partial charge in [0.25, 0.3) is 0 Å². The summed E-state index contributed by atoms with van der Waals surface area (Å²) in [5.41, 5.74) is 1.17. The Bertz CT molecular complexity index is 407. The quantitative estimate of drug-likeness (QED) is 0.721. The van der Waals surface area contributed by atoms with Gasteiger partial charge in [-0.15, -0.1) is 12.1 Å². The molecule has 0 radical (unpaired) electrons. The Hall–Kier alpha value is 0.251. The number of hydrogen-bond acceptors (Lipinski definition) is 1. The van der Waals surface area contributed by atoms with Crippen LogP contribution in [0.3, 0.4) is 0 Å². The minimum atomic E-state index is -4.95. The second kappa shape index (κ2) is 7.75. The van der Waals surface area contributed by atoms with E-state index in [2.05, 4.69) is 6.58 Å². The molecule has 94 valence electrons. The summed E-state index contributed by atoms with van der Waals surface area (Å²) >= 11 is 0. The summed E-state index contributed by atoms with van der Waals surface area (Å²) in [4.78, 5) is 1.67. The number of likely N-dealkylation sites (N-methyl/N-ethyl adjacent to an activating group) is 1. The van der Waals surface area contributed by atoms with Gasteiger partial charge < -0.3 is 17.8 Å². The molecule has 0 N–H and O–H groups in total. The second-order valence-corrected chi connectivity index (χ2v) is 4.09. The first-order valence-corrected chi connectivity index (χ1v) is 5.53. The van der Waals surface area contributed by atoms with Crippen molar-refractivity contribution in [2.24, 2.45) is 0 Å². The van der Waals surface area contributed by atoms with E-state index in [1.54, 1.807) is 4.90 Å². The van der Waals surface area contributed by atoms with E-state index in [-0.39, 0.29) is 57.9 Å². The summed E-state index contributed by atoms with van der Waals surface area (Å²) in [6.45, 7) is 2.28. The minimum Gasteiger partial charge on any atom is -0.445 e. The van der Waals surface area contributed by atoms with Crippen molar-refractivity contribution >= 4 is 12.7 Å². The van der Waals surface area contributed by atoms with Gasteiger partial charge in [-0.2, -0.15) is 0 Å². The summed E-state index contributed by atoms with van der Waals surface area (Å²) < 4.78 is 37.4. The maximum absolute atomic E-state index is 12.5. The van der Waals surface area contributed by atoms with Crippen molar-refractivity contribution in [2.75, 3.05) is 18.0 Å². The zero-order valence-corrected chi connectivity index (χ0v) is 14.2. The largest absolute Gasteiger partial charge is 1.00 e. The molecule has 0 aliphatic carbocycles. The summed E-state index contributed by atoms with van der Waals surface area (Å²) in [6, 6.07) is 7.45. The van der Waals surface area contributed by atoms with E-state index in [1.807, 2.05) is 38.1 Å². The van der Waals surface area contributed by atoms with E-state index >= 15 is 0 Å². The number of nitrogens with zero attached hydrogens (tertiary/aromatic N) is 1. The predicted octanol–water partition coefficient (Wildman–Crippen LogP) is 0.768. The van der Waals surface area contributed by atoms with Gasteiger partial charge in [0.05, 0.1) is 0 Å². The van der Waals surface area contributed by atoms with Crippen LogP contribution in [-0.4, -0.2) is 20.1 Å². The number of aryl methyl sites for hydroxylation is 1. The molecule has 0 atom stereocenters. The molecule has 0 saturated carbocycles. The maximum Gasteiger partial charge on any atom is 1.00 e. The van der Waals surface area contributed by atoms with Crippen molar-refractivity contribution in [1.82, 2.24) is 0 Å². The van der Waals surface area contributed by atoms with Crippen LogP contribution in [0.2, 0.25) is 0 Å². The summed E-state index contributed by atoms with van der Waals surface area (Å²) in [5.74, 6) is 0. The van der Waals surface area contributed by atoms with Crippen LogP contribution in [0.25, 0.3) is 0 Å². The molecule has 0 bridgehead atoms. The topological polar surface area (TPSA) is 3.24 Å². The van der Waals surface area contributed by atoms with Crippen molar-refractivity contribution in [3.8, 4) is 0 Å². The van der Waals surface area contributed by atoms with Crippen molar-refractivity contribution in [3.63, 3.8) is 0 Å². The molecule has 0 unspecified atom stereocenters.